The third-order valence-corrected chi connectivity index (χ3v) is 4.97. The lowest BCUT2D eigenvalue weighted by Gasteiger charge is -2.08. The van der Waals surface area contributed by atoms with Crippen molar-refractivity contribution in [2.45, 2.75) is 52.5 Å². The number of carboxylic acids is 1. The van der Waals surface area contributed by atoms with Gasteiger partial charge in [0.25, 0.3) is 0 Å². The Kier molecular flexibility index (Phi) is 7.40. The SMILES string of the molecule is CC#CCc1nc(CCCCC)nn1Cc1ccc(-c2ccccc2C(=O)O)cc1. The molecule has 1 N–H and O–H groups in total. The lowest BCUT2D eigenvalue weighted by Crippen LogP contribution is -2.07. The zero-order valence-electron chi connectivity index (χ0n) is 17.6. The molecule has 0 amide bonds. The van der Waals surface area contributed by atoms with Crippen molar-refractivity contribution in [1.29, 1.82) is 0 Å². The van der Waals surface area contributed by atoms with E-state index in [1.54, 1.807) is 12.1 Å². The molecule has 0 saturated carbocycles. The fourth-order valence-electron chi connectivity index (χ4n) is 3.37. The van der Waals surface area contributed by atoms with Gasteiger partial charge in [-0.1, -0.05) is 68.2 Å². The lowest BCUT2D eigenvalue weighted by molar-refractivity contribution is 0.0697. The second-order valence-corrected chi connectivity index (χ2v) is 7.21. The van der Waals surface area contributed by atoms with E-state index in [4.69, 9.17) is 10.1 Å². The molecule has 0 aliphatic carbocycles. The van der Waals surface area contributed by atoms with Gasteiger partial charge in [-0.3, -0.25) is 0 Å². The number of hydrogen-bond acceptors (Lipinski definition) is 3. The Morgan fingerprint density at radius 3 is 2.57 bits per heavy atom. The van der Waals surface area contributed by atoms with Crippen molar-refractivity contribution in [3.8, 4) is 23.0 Å². The molecule has 0 atom stereocenters. The first-order valence-electron chi connectivity index (χ1n) is 10.4. The van der Waals surface area contributed by atoms with Gasteiger partial charge in [-0.2, -0.15) is 5.10 Å². The topological polar surface area (TPSA) is 68.0 Å². The minimum absolute atomic E-state index is 0.304. The van der Waals surface area contributed by atoms with E-state index >= 15 is 0 Å². The Morgan fingerprint density at radius 2 is 1.87 bits per heavy atom. The standard InChI is InChI=1S/C25H27N3O2/c1-3-5-7-12-23-26-24(13-6-4-2)28(27-23)18-19-14-16-20(17-15-19)21-10-8-9-11-22(21)25(29)30/h8-11,14-17H,3,5,7,12-13,18H2,1-2H3,(H,29,30). The average Bonchev–Trinajstić information content (AvgIpc) is 3.14. The second kappa shape index (κ2) is 10.4. The third kappa shape index (κ3) is 5.36. The van der Waals surface area contributed by atoms with Crippen molar-refractivity contribution in [2.75, 3.05) is 0 Å². The van der Waals surface area contributed by atoms with Gasteiger partial charge in [0.2, 0.25) is 0 Å². The van der Waals surface area contributed by atoms with Crippen molar-refractivity contribution in [3.63, 3.8) is 0 Å². The first-order chi connectivity index (χ1) is 14.6. The molecule has 5 nitrogen and oxygen atoms in total. The quantitative estimate of drug-likeness (QED) is 0.405. The van der Waals surface area contributed by atoms with Crippen LogP contribution in [0, 0.1) is 11.8 Å². The molecule has 0 spiro atoms. The molecular formula is C25H27N3O2. The van der Waals surface area contributed by atoms with Crippen LogP contribution in [0.2, 0.25) is 0 Å². The molecule has 0 unspecified atom stereocenters. The number of rotatable bonds is 9. The van der Waals surface area contributed by atoms with Gasteiger partial charge in [-0.25, -0.2) is 14.5 Å². The van der Waals surface area contributed by atoms with Gasteiger partial charge in [-0.05, 0) is 36.1 Å². The summed E-state index contributed by atoms with van der Waals surface area (Å²) < 4.78 is 1.94. The van der Waals surface area contributed by atoms with Crippen LogP contribution in [0.25, 0.3) is 11.1 Å². The van der Waals surface area contributed by atoms with Gasteiger partial charge in [-0.15, -0.1) is 5.92 Å². The maximum absolute atomic E-state index is 11.5. The Bertz CT molecular complexity index is 1060. The molecule has 0 aliphatic rings. The van der Waals surface area contributed by atoms with Gasteiger partial charge in [0.15, 0.2) is 5.82 Å². The van der Waals surface area contributed by atoms with Crippen LogP contribution in [0.4, 0.5) is 0 Å². The van der Waals surface area contributed by atoms with Crippen LogP contribution in [0.3, 0.4) is 0 Å². The van der Waals surface area contributed by atoms with Crippen molar-refractivity contribution >= 4 is 5.97 Å². The van der Waals surface area contributed by atoms with Crippen LogP contribution in [0.15, 0.2) is 48.5 Å². The van der Waals surface area contributed by atoms with Gasteiger partial charge in [0, 0.05) is 6.42 Å². The molecule has 0 radical (unpaired) electrons. The second-order valence-electron chi connectivity index (χ2n) is 7.21. The fourth-order valence-corrected chi connectivity index (χ4v) is 3.37. The van der Waals surface area contributed by atoms with E-state index in [1.807, 2.05) is 48.0 Å². The number of unbranched alkanes of at least 4 members (excludes halogenated alkanes) is 2. The van der Waals surface area contributed by atoms with E-state index in [2.05, 4.69) is 18.8 Å². The van der Waals surface area contributed by atoms with Gasteiger partial charge in [0.05, 0.1) is 18.5 Å². The molecule has 0 bridgehead atoms. The van der Waals surface area contributed by atoms with Gasteiger partial charge in [0.1, 0.15) is 5.82 Å². The summed E-state index contributed by atoms with van der Waals surface area (Å²) >= 11 is 0. The Balaban J connectivity index is 1.80. The van der Waals surface area contributed by atoms with Crippen LogP contribution in [0.5, 0.6) is 0 Å². The summed E-state index contributed by atoms with van der Waals surface area (Å²) in [6.07, 6.45) is 4.92. The zero-order valence-corrected chi connectivity index (χ0v) is 17.6. The molecule has 154 valence electrons. The highest BCUT2D eigenvalue weighted by Crippen LogP contribution is 2.24. The fraction of sp³-hybridized carbons (Fsp3) is 0.320. The summed E-state index contributed by atoms with van der Waals surface area (Å²) in [4.78, 5) is 16.2. The number of carboxylic acid groups (broad SMARTS) is 1. The molecule has 1 aromatic heterocycles. The molecule has 5 heteroatoms. The number of aromatic nitrogens is 3. The van der Waals surface area contributed by atoms with Crippen molar-refractivity contribution in [2.24, 2.45) is 0 Å². The molecule has 2 aromatic carbocycles. The van der Waals surface area contributed by atoms with Crippen molar-refractivity contribution < 1.29 is 9.90 Å². The number of aryl methyl sites for hydroxylation is 1. The van der Waals surface area contributed by atoms with E-state index in [0.717, 1.165) is 41.2 Å². The number of benzene rings is 2. The molecular weight excluding hydrogens is 374 g/mol. The maximum atomic E-state index is 11.5. The minimum atomic E-state index is -0.922. The Morgan fingerprint density at radius 1 is 1.10 bits per heavy atom. The smallest absolute Gasteiger partial charge is 0.336 e. The summed E-state index contributed by atoms with van der Waals surface area (Å²) in [5, 5.41) is 14.1. The highest BCUT2D eigenvalue weighted by Gasteiger charge is 2.12. The van der Waals surface area contributed by atoms with Gasteiger partial charge >= 0.3 is 5.97 Å². The maximum Gasteiger partial charge on any atom is 0.336 e. The molecule has 1 heterocycles. The molecule has 0 saturated heterocycles. The van der Waals surface area contributed by atoms with Crippen LogP contribution in [0.1, 0.15) is 60.7 Å². The predicted molar refractivity (Wildman–Crippen MR) is 118 cm³/mol. The number of carbonyl (C=O) groups is 1. The number of nitrogens with zero attached hydrogens (tertiary/aromatic N) is 3. The average molecular weight is 402 g/mol. The lowest BCUT2D eigenvalue weighted by atomic mass is 9.99. The van der Waals surface area contributed by atoms with Crippen molar-refractivity contribution in [1.82, 2.24) is 14.8 Å². The van der Waals surface area contributed by atoms with Crippen LogP contribution in [-0.2, 0) is 19.4 Å². The highest BCUT2D eigenvalue weighted by atomic mass is 16.4. The summed E-state index contributed by atoms with van der Waals surface area (Å²) in [5.74, 6) is 6.86. The summed E-state index contributed by atoms with van der Waals surface area (Å²) in [6, 6.07) is 15.0. The molecule has 30 heavy (non-hydrogen) atoms. The van der Waals surface area contributed by atoms with Crippen LogP contribution < -0.4 is 0 Å². The zero-order chi connectivity index (χ0) is 21.3. The molecule has 3 rings (SSSR count). The van der Waals surface area contributed by atoms with E-state index in [-0.39, 0.29) is 0 Å². The molecule has 3 aromatic rings. The monoisotopic (exact) mass is 401 g/mol. The number of hydrogen-bond donors (Lipinski definition) is 1. The van der Waals surface area contributed by atoms with E-state index in [9.17, 15) is 9.90 Å². The predicted octanol–water partition coefficient (Wildman–Crippen LogP) is 4.99. The van der Waals surface area contributed by atoms with E-state index in [0.29, 0.717) is 18.5 Å². The van der Waals surface area contributed by atoms with Crippen molar-refractivity contribution in [3.05, 3.63) is 71.3 Å². The van der Waals surface area contributed by atoms with Crippen LogP contribution in [-0.4, -0.2) is 25.8 Å². The first kappa shape index (κ1) is 21.3. The summed E-state index contributed by atoms with van der Waals surface area (Å²) in [6.45, 7) is 4.63. The Labute approximate surface area is 177 Å². The molecule has 0 aliphatic heterocycles. The number of aromatic carboxylic acids is 1. The first-order valence-corrected chi connectivity index (χ1v) is 10.4. The van der Waals surface area contributed by atoms with Crippen LogP contribution >= 0.6 is 0 Å². The van der Waals surface area contributed by atoms with E-state index in [1.165, 1.54) is 12.8 Å². The van der Waals surface area contributed by atoms with E-state index < -0.39 is 5.97 Å². The summed E-state index contributed by atoms with van der Waals surface area (Å²) in [5.41, 5.74) is 2.99. The Hall–Kier alpha value is -3.39. The minimum Gasteiger partial charge on any atom is -0.478 e. The van der Waals surface area contributed by atoms with Gasteiger partial charge < -0.3 is 5.11 Å². The highest BCUT2D eigenvalue weighted by molar-refractivity contribution is 5.95. The normalized spacial score (nSPS) is 10.5. The summed E-state index contributed by atoms with van der Waals surface area (Å²) in [7, 11) is 0. The largest absolute Gasteiger partial charge is 0.478 e. The molecule has 0 fully saturated rings. The third-order valence-electron chi connectivity index (χ3n) is 4.97.